The summed E-state index contributed by atoms with van der Waals surface area (Å²) in [5.74, 6) is 1.08. The van der Waals surface area contributed by atoms with Crippen LogP contribution in [0.3, 0.4) is 0 Å². The van der Waals surface area contributed by atoms with Crippen LogP contribution in [0.2, 0.25) is 0 Å². The predicted molar refractivity (Wildman–Crippen MR) is 106 cm³/mol. The molecule has 0 saturated carbocycles. The van der Waals surface area contributed by atoms with Crippen LogP contribution in [0, 0.1) is 0 Å². The van der Waals surface area contributed by atoms with Crippen LogP contribution in [0.1, 0.15) is 0 Å². The number of hydrogen-bond donors (Lipinski definition) is 1. The number of nitrogens with zero attached hydrogens (tertiary/aromatic N) is 3. The number of methoxy groups -OCH3 is 1. The molecule has 2 aromatic heterocycles. The van der Waals surface area contributed by atoms with Crippen molar-refractivity contribution in [1.82, 2.24) is 15.0 Å². The van der Waals surface area contributed by atoms with E-state index in [1.165, 1.54) is 25.3 Å². The normalized spacial score (nSPS) is 11.3. The smallest absolute Gasteiger partial charge is 0.497 e. The Kier molecular flexibility index (Phi) is 5.09. The van der Waals surface area contributed by atoms with E-state index in [4.69, 9.17) is 4.74 Å². The Balaban J connectivity index is 1.79. The molecular formula is C21H15F3N4O2. The van der Waals surface area contributed by atoms with E-state index < -0.39 is 6.36 Å². The van der Waals surface area contributed by atoms with Gasteiger partial charge in [0.2, 0.25) is 0 Å². The van der Waals surface area contributed by atoms with Gasteiger partial charge < -0.3 is 14.8 Å². The highest BCUT2D eigenvalue weighted by Gasteiger charge is 2.31. The van der Waals surface area contributed by atoms with Gasteiger partial charge in [-0.05, 0) is 42.5 Å². The molecule has 6 nitrogen and oxygen atoms in total. The number of benzene rings is 2. The van der Waals surface area contributed by atoms with Gasteiger partial charge in [0.1, 0.15) is 17.3 Å². The minimum Gasteiger partial charge on any atom is -0.497 e. The van der Waals surface area contributed by atoms with Crippen LogP contribution in [0.15, 0.2) is 67.0 Å². The van der Waals surface area contributed by atoms with Crippen molar-refractivity contribution in [3.8, 4) is 22.9 Å². The summed E-state index contributed by atoms with van der Waals surface area (Å²) in [7, 11) is 1.54. The molecular weight excluding hydrogens is 397 g/mol. The van der Waals surface area contributed by atoms with Gasteiger partial charge in [-0.25, -0.2) is 9.97 Å². The van der Waals surface area contributed by atoms with E-state index in [9.17, 15) is 13.2 Å². The standard InChI is InChI=1S/C21H15F3N4O2/c1-29-15-7-8-18-17(11-15)20(28-19(27-18)13-4-3-9-25-12-13)26-14-5-2-6-16(10-14)30-21(22,23)24/h2-12H,1H3,(H,26,27,28). The zero-order valence-corrected chi connectivity index (χ0v) is 15.6. The Hall–Kier alpha value is -3.88. The van der Waals surface area contributed by atoms with E-state index in [1.807, 2.05) is 6.07 Å². The molecule has 0 aliphatic heterocycles. The Morgan fingerprint density at radius 2 is 1.80 bits per heavy atom. The SMILES string of the molecule is COc1ccc2nc(-c3cccnc3)nc(Nc3cccc(OC(F)(F)F)c3)c2c1. The van der Waals surface area contributed by atoms with Gasteiger partial charge in [-0.15, -0.1) is 13.2 Å². The molecule has 2 aromatic carbocycles. The van der Waals surface area contributed by atoms with Gasteiger partial charge in [0.15, 0.2) is 5.82 Å². The Morgan fingerprint density at radius 3 is 2.53 bits per heavy atom. The summed E-state index contributed by atoms with van der Waals surface area (Å²) in [5, 5.41) is 3.70. The summed E-state index contributed by atoms with van der Waals surface area (Å²) in [5.41, 5.74) is 1.71. The maximum absolute atomic E-state index is 12.5. The molecule has 4 rings (SSSR count). The summed E-state index contributed by atoms with van der Waals surface area (Å²) in [6.45, 7) is 0. The number of fused-ring (bicyclic) bond motifs is 1. The minimum absolute atomic E-state index is 0.337. The summed E-state index contributed by atoms with van der Waals surface area (Å²) in [6.07, 6.45) is -1.51. The van der Waals surface area contributed by atoms with Crippen molar-refractivity contribution in [1.29, 1.82) is 0 Å². The monoisotopic (exact) mass is 412 g/mol. The largest absolute Gasteiger partial charge is 0.573 e. The number of alkyl halides is 3. The van der Waals surface area contributed by atoms with Gasteiger partial charge in [-0.2, -0.15) is 0 Å². The Morgan fingerprint density at radius 1 is 0.933 bits per heavy atom. The van der Waals surface area contributed by atoms with Crippen LogP contribution < -0.4 is 14.8 Å². The average molecular weight is 412 g/mol. The van der Waals surface area contributed by atoms with Crippen LogP contribution in [0.5, 0.6) is 11.5 Å². The molecule has 0 spiro atoms. The molecule has 0 aliphatic carbocycles. The first-order valence-corrected chi connectivity index (χ1v) is 8.80. The average Bonchev–Trinajstić information content (AvgIpc) is 2.73. The molecule has 0 atom stereocenters. The van der Waals surface area contributed by atoms with Crippen molar-refractivity contribution in [3.63, 3.8) is 0 Å². The van der Waals surface area contributed by atoms with Crippen LogP contribution >= 0.6 is 0 Å². The first kappa shape index (κ1) is 19.4. The number of pyridine rings is 1. The van der Waals surface area contributed by atoms with Crippen LogP contribution in [0.4, 0.5) is 24.7 Å². The number of nitrogens with one attached hydrogen (secondary N) is 1. The lowest BCUT2D eigenvalue weighted by molar-refractivity contribution is -0.274. The van der Waals surface area contributed by atoms with E-state index in [0.717, 1.165) is 0 Å². The molecule has 0 saturated heterocycles. The van der Waals surface area contributed by atoms with Crippen molar-refractivity contribution in [2.24, 2.45) is 0 Å². The fourth-order valence-corrected chi connectivity index (χ4v) is 2.86. The second-order valence-corrected chi connectivity index (χ2v) is 6.22. The number of anilines is 2. The van der Waals surface area contributed by atoms with E-state index in [1.54, 1.807) is 42.7 Å². The highest BCUT2D eigenvalue weighted by molar-refractivity contribution is 5.93. The van der Waals surface area contributed by atoms with Gasteiger partial charge >= 0.3 is 6.36 Å². The maximum Gasteiger partial charge on any atom is 0.573 e. The first-order chi connectivity index (χ1) is 14.4. The molecule has 0 bridgehead atoms. The summed E-state index contributed by atoms with van der Waals surface area (Å²) in [6, 6.07) is 14.4. The number of hydrogen-bond acceptors (Lipinski definition) is 6. The van der Waals surface area contributed by atoms with Gasteiger partial charge in [0, 0.05) is 35.1 Å². The Labute approximate surface area is 169 Å². The molecule has 0 fully saturated rings. The van der Waals surface area contributed by atoms with Gasteiger partial charge in [-0.3, -0.25) is 4.98 Å². The Bertz CT molecular complexity index is 1180. The molecule has 0 amide bonds. The van der Waals surface area contributed by atoms with Crippen molar-refractivity contribution in [2.75, 3.05) is 12.4 Å². The van der Waals surface area contributed by atoms with Crippen molar-refractivity contribution in [2.45, 2.75) is 6.36 Å². The lowest BCUT2D eigenvalue weighted by Gasteiger charge is -2.13. The molecule has 30 heavy (non-hydrogen) atoms. The van der Waals surface area contributed by atoms with Crippen LogP contribution in [-0.2, 0) is 0 Å². The number of aromatic nitrogens is 3. The third kappa shape index (κ3) is 4.40. The molecule has 0 aliphatic rings. The van der Waals surface area contributed by atoms with Crippen molar-refractivity contribution < 1.29 is 22.6 Å². The summed E-state index contributed by atoms with van der Waals surface area (Å²) in [4.78, 5) is 13.2. The molecule has 152 valence electrons. The van der Waals surface area contributed by atoms with Crippen molar-refractivity contribution in [3.05, 3.63) is 67.0 Å². The molecule has 2 heterocycles. The zero-order chi connectivity index (χ0) is 21.1. The predicted octanol–water partition coefficient (Wildman–Crippen LogP) is 5.34. The number of rotatable bonds is 5. The minimum atomic E-state index is -4.78. The third-order valence-corrected chi connectivity index (χ3v) is 4.15. The maximum atomic E-state index is 12.5. The quantitative estimate of drug-likeness (QED) is 0.477. The van der Waals surface area contributed by atoms with Gasteiger partial charge in [-0.1, -0.05) is 6.07 Å². The van der Waals surface area contributed by atoms with Gasteiger partial charge in [0.05, 0.1) is 12.6 Å². The fourth-order valence-electron chi connectivity index (χ4n) is 2.86. The lowest BCUT2D eigenvalue weighted by Crippen LogP contribution is -2.17. The molecule has 0 radical (unpaired) electrons. The summed E-state index contributed by atoms with van der Waals surface area (Å²) < 4.78 is 46.9. The first-order valence-electron chi connectivity index (χ1n) is 8.80. The zero-order valence-electron chi connectivity index (χ0n) is 15.6. The number of ether oxygens (including phenoxy) is 2. The molecule has 1 N–H and O–H groups in total. The third-order valence-electron chi connectivity index (χ3n) is 4.15. The number of halogens is 3. The van der Waals surface area contributed by atoms with Gasteiger partial charge in [0.25, 0.3) is 0 Å². The topological polar surface area (TPSA) is 69.2 Å². The van der Waals surface area contributed by atoms with E-state index in [-0.39, 0.29) is 5.75 Å². The van der Waals surface area contributed by atoms with Crippen LogP contribution in [0.25, 0.3) is 22.3 Å². The van der Waals surface area contributed by atoms with Crippen molar-refractivity contribution >= 4 is 22.4 Å². The molecule has 9 heteroatoms. The highest BCUT2D eigenvalue weighted by Crippen LogP contribution is 2.31. The van der Waals surface area contributed by atoms with E-state index in [0.29, 0.717) is 39.5 Å². The second-order valence-electron chi connectivity index (χ2n) is 6.22. The lowest BCUT2D eigenvalue weighted by atomic mass is 10.2. The fraction of sp³-hybridized carbons (Fsp3) is 0.0952. The second kappa shape index (κ2) is 7.86. The van der Waals surface area contributed by atoms with E-state index in [2.05, 4.69) is 25.0 Å². The molecule has 0 unspecified atom stereocenters. The van der Waals surface area contributed by atoms with E-state index >= 15 is 0 Å². The summed E-state index contributed by atoms with van der Waals surface area (Å²) >= 11 is 0. The molecule has 4 aromatic rings. The van der Waals surface area contributed by atoms with Crippen LogP contribution in [-0.4, -0.2) is 28.4 Å². The highest BCUT2D eigenvalue weighted by atomic mass is 19.4.